The second-order valence-corrected chi connectivity index (χ2v) is 12.7. The standard InChI is InChI=1S/C37H73NO5.CH4/c1-4-7-10-13-16-20-26-35(27-21-17-14-11-8-5-2)43-37(41)28-22-18-15-19-23-30-38(32-33-39)31-25-29-36(40)42-34-24-12-9-6-3;/h35,39H,4-34H2,1-3H3;1H4. The van der Waals surface area contributed by atoms with Gasteiger partial charge in [0.05, 0.1) is 13.2 Å². The van der Waals surface area contributed by atoms with E-state index in [-0.39, 0.29) is 32.1 Å². The van der Waals surface area contributed by atoms with E-state index in [9.17, 15) is 14.7 Å². The van der Waals surface area contributed by atoms with Crippen LogP contribution in [0.2, 0.25) is 0 Å². The van der Waals surface area contributed by atoms with Crippen molar-refractivity contribution in [1.82, 2.24) is 4.90 Å². The Bertz CT molecular complexity index is 584. The highest BCUT2D eigenvalue weighted by molar-refractivity contribution is 5.69. The van der Waals surface area contributed by atoms with Gasteiger partial charge in [-0.3, -0.25) is 9.59 Å². The minimum Gasteiger partial charge on any atom is -0.466 e. The summed E-state index contributed by atoms with van der Waals surface area (Å²) in [6.45, 7) is 9.76. The Morgan fingerprint density at radius 3 is 1.57 bits per heavy atom. The average molecular weight is 628 g/mol. The molecule has 0 aromatic heterocycles. The number of carbonyl (C=O) groups is 2. The number of aliphatic hydroxyl groups excluding tert-OH is 1. The Kier molecular flexibility index (Phi) is 37.1. The van der Waals surface area contributed by atoms with Gasteiger partial charge in [0, 0.05) is 19.4 Å². The van der Waals surface area contributed by atoms with E-state index in [2.05, 4.69) is 25.7 Å². The first-order valence-electron chi connectivity index (χ1n) is 18.8. The Labute approximate surface area is 274 Å². The second-order valence-electron chi connectivity index (χ2n) is 12.7. The molecule has 0 amide bonds. The van der Waals surface area contributed by atoms with Crippen LogP contribution in [0.3, 0.4) is 0 Å². The molecule has 0 aromatic rings. The number of nitrogens with zero attached hydrogens (tertiary/aromatic N) is 1. The maximum atomic E-state index is 12.6. The normalized spacial score (nSPS) is 11.2. The number of rotatable bonds is 34. The van der Waals surface area contributed by atoms with Crippen LogP contribution in [0.4, 0.5) is 0 Å². The van der Waals surface area contributed by atoms with Crippen molar-refractivity contribution in [3.05, 3.63) is 0 Å². The summed E-state index contributed by atoms with van der Waals surface area (Å²) in [6.07, 6.45) is 29.0. The molecule has 264 valence electrons. The number of hydrogen-bond acceptors (Lipinski definition) is 6. The van der Waals surface area contributed by atoms with E-state index in [0.717, 1.165) is 77.3 Å². The number of esters is 2. The molecule has 0 aromatic carbocycles. The fraction of sp³-hybridized carbons (Fsp3) is 0.947. The van der Waals surface area contributed by atoms with Crippen LogP contribution >= 0.6 is 0 Å². The van der Waals surface area contributed by atoms with E-state index in [4.69, 9.17) is 9.47 Å². The van der Waals surface area contributed by atoms with Gasteiger partial charge in [-0.05, 0) is 64.5 Å². The van der Waals surface area contributed by atoms with E-state index in [1.165, 1.54) is 89.9 Å². The highest BCUT2D eigenvalue weighted by Gasteiger charge is 2.14. The van der Waals surface area contributed by atoms with Gasteiger partial charge in [-0.25, -0.2) is 0 Å². The molecular weight excluding hydrogens is 550 g/mol. The van der Waals surface area contributed by atoms with Crippen LogP contribution in [-0.4, -0.2) is 60.9 Å². The maximum Gasteiger partial charge on any atom is 0.306 e. The Morgan fingerprint density at radius 1 is 0.545 bits per heavy atom. The third-order valence-electron chi connectivity index (χ3n) is 8.45. The van der Waals surface area contributed by atoms with E-state index in [1.54, 1.807) is 0 Å². The van der Waals surface area contributed by atoms with Crippen LogP contribution in [0.25, 0.3) is 0 Å². The smallest absolute Gasteiger partial charge is 0.306 e. The summed E-state index contributed by atoms with van der Waals surface area (Å²) < 4.78 is 11.3. The Balaban J connectivity index is 0. The summed E-state index contributed by atoms with van der Waals surface area (Å²) in [6, 6.07) is 0. The molecule has 0 bridgehead atoms. The first-order valence-corrected chi connectivity index (χ1v) is 18.8. The molecule has 6 nitrogen and oxygen atoms in total. The van der Waals surface area contributed by atoms with Crippen molar-refractivity contribution in [1.29, 1.82) is 0 Å². The summed E-state index contributed by atoms with van der Waals surface area (Å²) in [4.78, 5) is 26.8. The topological polar surface area (TPSA) is 76.1 Å². The lowest BCUT2D eigenvalue weighted by molar-refractivity contribution is -0.150. The zero-order chi connectivity index (χ0) is 31.6. The molecular formula is C38H77NO5. The molecule has 0 aliphatic heterocycles. The van der Waals surface area contributed by atoms with E-state index >= 15 is 0 Å². The summed E-state index contributed by atoms with van der Waals surface area (Å²) in [5.74, 6) is -0.106. The third kappa shape index (κ3) is 32.3. The molecule has 0 rings (SSSR count). The van der Waals surface area contributed by atoms with Crippen LogP contribution in [0.15, 0.2) is 0 Å². The van der Waals surface area contributed by atoms with Crippen LogP contribution in [0.5, 0.6) is 0 Å². The monoisotopic (exact) mass is 628 g/mol. The predicted molar refractivity (Wildman–Crippen MR) is 188 cm³/mol. The molecule has 0 heterocycles. The molecule has 0 saturated carbocycles. The minimum absolute atomic E-state index is 0. The number of ether oxygens (including phenoxy) is 2. The van der Waals surface area contributed by atoms with E-state index in [1.807, 2.05) is 0 Å². The van der Waals surface area contributed by atoms with E-state index < -0.39 is 0 Å². The van der Waals surface area contributed by atoms with Crippen molar-refractivity contribution in [3.8, 4) is 0 Å². The molecule has 0 radical (unpaired) electrons. The quantitative estimate of drug-likeness (QED) is 0.0565. The zero-order valence-electron chi connectivity index (χ0n) is 29.0. The van der Waals surface area contributed by atoms with Crippen LogP contribution in [-0.2, 0) is 19.1 Å². The molecule has 0 aliphatic carbocycles. The molecule has 6 heteroatoms. The highest BCUT2D eigenvalue weighted by Crippen LogP contribution is 2.18. The van der Waals surface area contributed by atoms with Gasteiger partial charge in [-0.1, -0.05) is 131 Å². The predicted octanol–water partition coefficient (Wildman–Crippen LogP) is 10.6. The lowest BCUT2D eigenvalue weighted by Gasteiger charge is -2.21. The minimum atomic E-state index is -0.102. The van der Waals surface area contributed by atoms with Crippen molar-refractivity contribution in [2.24, 2.45) is 0 Å². The second kappa shape index (κ2) is 36.3. The van der Waals surface area contributed by atoms with Gasteiger partial charge in [0.1, 0.15) is 6.10 Å². The van der Waals surface area contributed by atoms with Gasteiger partial charge in [-0.15, -0.1) is 0 Å². The van der Waals surface area contributed by atoms with Crippen LogP contribution < -0.4 is 0 Å². The first kappa shape index (κ1) is 45.0. The van der Waals surface area contributed by atoms with Crippen LogP contribution in [0.1, 0.15) is 195 Å². The number of unbranched alkanes of at least 4 members (excludes halogenated alkanes) is 17. The van der Waals surface area contributed by atoms with E-state index in [0.29, 0.717) is 26.0 Å². The SMILES string of the molecule is C.CCCCCCCCC(CCCCCCCC)OC(=O)CCCCCCCN(CCO)CCCC(=O)OCCCCCC. The largest absolute Gasteiger partial charge is 0.466 e. The molecule has 0 atom stereocenters. The summed E-state index contributed by atoms with van der Waals surface area (Å²) in [7, 11) is 0. The highest BCUT2D eigenvalue weighted by atomic mass is 16.5. The summed E-state index contributed by atoms with van der Waals surface area (Å²) in [5.41, 5.74) is 0. The molecule has 0 saturated heterocycles. The zero-order valence-corrected chi connectivity index (χ0v) is 29.0. The Hall–Kier alpha value is -1.14. The molecule has 1 N–H and O–H groups in total. The lowest BCUT2D eigenvalue weighted by atomic mass is 10.0. The third-order valence-corrected chi connectivity index (χ3v) is 8.45. The number of hydrogen-bond donors (Lipinski definition) is 1. The molecule has 44 heavy (non-hydrogen) atoms. The van der Waals surface area contributed by atoms with Gasteiger partial charge in [0.25, 0.3) is 0 Å². The van der Waals surface area contributed by atoms with Crippen molar-refractivity contribution in [3.63, 3.8) is 0 Å². The first-order chi connectivity index (χ1) is 21.1. The molecule has 0 aliphatic rings. The van der Waals surface area contributed by atoms with Crippen LogP contribution in [0, 0.1) is 0 Å². The van der Waals surface area contributed by atoms with Crippen molar-refractivity contribution in [2.75, 3.05) is 32.8 Å². The van der Waals surface area contributed by atoms with Gasteiger partial charge < -0.3 is 19.5 Å². The fourth-order valence-corrected chi connectivity index (χ4v) is 5.66. The van der Waals surface area contributed by atoms with Gasteiger partial charge in [-0.2, -0.15) is 0 Å². The number of carbonyl (C=O) groups excluding carboxylic acids is 2. The fourth-order valence-electron chi connectivity index (χ4n) is 5.66. The lowest BCUT2D eigenvalue weighted by Crippen LogP contribution is -2.29. The van der Waals surface area contributed by atoms with Gasteiger partial charge >= 0.3 is 11.9 Å². The van der Waals surface area contributed by atoms with Crippen molar-refractivity contribution in [2.45, 2.75) is 201 Å². The van der Waals surface area contributed by atoms with Crippen molar-refractivity contribution >= 4 is 11.9 Å². The molecule has 0 unspecified atom stereocenters. The summed E-state index contributed by atoms with van der Waals surface area (Å²) >= 11 is 0. The Morgan fingerprint density at radius 2 is 1.00 bits per heavy atom. The number of aliphatic hydroxyl groups is 1. The molecule has 0 spiro atoms. The van der Waals surface area contributed by atoms with Gasteiger partial charge in [0.2, 0.25) is 0 Å². The molecule has 0 fully saturated rings. The van der Waals surface area contributed by atoms with Crippen molar-refractivity contribution < 1.29 is 24.2 Å². The average Bonchev–Trinajstić information content (AvgIpc) is 2.99. The summed E-state index contributed by atoms with van der Waals surface area (Å²) in [5, 5.41) is 9.42. The maximum absolute atomic E-state index is 12.6. The van der Waals surface area contributed by atoms with Gasteiger partial charge in [0.15, 0.2) is 0 Å².